The van der Waals surface area contributed by atoms with Crippen molar-refractivity contribution in [2.75, 3.05) is 0 Å². The number of hydrogen-bond acceptors (Lipinski definition) is 1. The van der Waals surface area contributed by atoms with E-state index in [0.717, 1.165) is 11.1 Å². The molecular formula is C12H15FO2. The molecule has 0 amide bonds. The van der Waals surface area contributed by atoms with E-state index in [1.54, 1.807) is 12.1 Å². The van der Waals surface area contributed by atoms with Crippen LogP contribution in [0.5, 0.6) is 0 Å². The van der Waals surface area contributed by atoms with Gasteiger partial charge in [-0.1, -0.05) is 24.3 Å². The Morgan fingerprint density at radius 3 is 2.53 bits per heavy atom. The van der Waals surface area contributed by atoms with Gasteiger partial charge in [0.1, 0.15) is 6.17 Å². The number of benzene rings is 1. The van der Waals surface area contributed by atoms with Crippen LogP contribution in [-0.2, 0) is 4.79 Å². The fourth-order valence-corrected chi connectivity index (χ4v) is 1.71. The van der Waals surface area contributed by atoms with Crippen LogP contribution in [-0.4, -0.2) is 17.2 Å². The average molecular weight is 210 g/mol. The summed E-state index contributed by atoms with van der Waals surface area (Å²) in [6, 6.07) is 7.32. The van der Waals surface area contributed by atoms with E-state index in [-0.39, 0.29) is 6.42 Å². The Hall–Kier alpha value is -1.38. The summed E-state index contributed by atoms with van der Waals surface area (Å²) in [7, 11) is 0. The van der Waals surface area contributed by atoms with Crippen molar-refractivity contribution in [2.24, 2.45) is 0 Å². The van der Waals surface area contributed by atoms with Gasteiger partial charge in [-0.3, -0.25) is 4.79 Å². The van der Waals surface area contributed by atoms with Gasteiger partial charge >= 0.3 is 5.97 Å². The number of alkyl halides is 1. The van der Waals surface area contributed by atoms with E-state index in [2.05, 4.69) is 0 Å². The molecule has 0 aliphatic carbocycles. The van der Waals surface area contributed by atoms with Gasteiger partial charge in [-0.15, -0.1) is 0 Å². The summed E-state index contributed by atoms with van der Waals surface area (Å²) in [5, 5.41) is 8.72. The van der Waals surface area contributed by atoms with Crippen LogP contribution in [0.2, 0.25) is 0 Å². The number of aryl methyl sites for hydroxylation is 1. The highest BCUT2D eigenvalue weighted by molar-refractivity contribution is 5.68. The Labute approximate surface area is 88.7 Å². The van der Waals surface area contributed by atoms with Crippen molar-refractivity contribution in [1.29, 1.82) is 0 Å². The fourth-order valence-electron chi connectivity index (χ4n) is 1.71. The van der Waals surface area contributed by atoms with Crippen LogP contribution in [0, 0.1) is 6.92 Å². The zero-order valence-electron chi connectivity index (χ0n) is 8.90. The largest absolute Gasteiger partial charge is 0.481 e. The minimum Gasteiger partial charge on any atom is -0.481 e. The van der Waals surface area contributed by atoms with Gasteiger partial charge < -0.3 is 5.11 Å². The number of carboxylic acid groups (broad SMARTS) is 1. The van der Waals surface area contributed by atoms with E-state index in [4.69, 9.17) is 5.11 Å². The summed E-state index contributed by atoms with van der Waals surface area (Å²) >= 11 is 0. The first-order valence-corrected chi connectivity index (χ1v) is 4.93. The molecule has 1 rings (SSSR count). The molecule has 2 unspecified atom stereocenters. The van der Waals surface area contributed by atoms with E-state index in [1.807, 2.05) is 19.1 Å². The molecule has 0 aliphatic heterocycles. The van der Waals surface area contributed by atoms with Gasteiger partial charge in [0.05, 0.1) is 6.42 Å². The molecule has 0 bridgehead atoms. The topological polar surface area (TPSA) is 37.3 Å². The molecule has 0 aromatic heterocycles. The van der Waals surface area contributed by atoms with Crippen molar-refractivity contribution in [2.45, 2.75) is 32.4 Å². The minimum atomic E-state index is -1.15. The highest BCUT2D eigenvalue weighted by Gasteiger charge is 2.23. The molecule has 82 valence electrons. The number of halogens is 1. The molecule has 0 aliphatic rings. The zero-order valence-corrected chi connectivity index (χ0v) is 8.90. The third kappa shape index (κ3) is 3.05. The lowest BCUT2D eigenvalue weighted by Crippen LogP contribution is -2.16. The van der Waals surface area contributed by atoms with E-state index in [1.165, 1.54) is 6.92 Å². The average Bonchev–Trinajstić information content (AvgIpc) is 2.15. The van der Waals surface area contributed by atoms with Crippen LogP contribution < -0.4 is 0 Å². The monoisotopic (exact) mass is 210 g/mol. The molecule has 1 aromatic carbocycles. The second-order valence-corrected chi connectivity index (χ2v) is 3.74. The van der Waals surface area contributed by atoms with Gasteiger partial charge in [0.2, 0.25) is 0 Å². The van der Waals surface area contributed by atoms with E-state index >= 15 is 0 Å². The molecule has 0 saturated carbocycles. The molecule has 2 nitrogen and oxygen atoms in total. The Morgan fingerprint density at radius 2 is 2.07 bits per heavy atom. The summed E-state index contributed by atoms with van der Waals surface area (Å²) in [5.74, 6) is -1.52. The Morgan fingerprint density at radius 1 is 1.47 bits per heavy atom. The van der Waals surface area contributed by atoms with Crippen LogP contribution in [0.15, 0.2) is 24.3 Å². The Balaban J connectivity index is 2.99. The lowest BCUT2D eigenvalue weighted by Gasteiger charge is -2.18. The van der Waals surface area contributed by atoms with E-state index in [0.29, 0.717) is 0 Å². The molecule has 0 spiro atoms. The fraction of sp³-hybridized carbons (Fsp3) is 0.417. The molecule has 0 heterocycles. The first kappa shape index (κ1) is 11.7. The summed E-state index contributed by atoms with van der Waals surface area (Å²) in [6.07, 6.45) is -1.31. The number of aliphatic carboxylic acids is 1. The molecule has 15 heavy (non-hydrogen) atoms. The summed E-state index contributed by atoms with van der Waals surface area (Å²) < 4.78 is 13.3. The van der Waals surface area contributed by atoms with Crippen molar-refractivity contribution in [3.63, 3.8) is 0 Å². The third-order valence-electron chi connectivity index (χ3n) is 2.54. The summed E-state index contributed by atoms with van der Waals surface area (Å²) in [5.41, 5.74) is 1.73. The van der Waals surface area contributed by atoms with Gasteiger partial charge in [-0.05, 0) is 25.0 Å². The third-order valence-corrected chi connectivity index (χ3v) is 2.54. The minimum absolute atomic E-state index is 0.164. The molecule has 0 saturated heterocycles. The molecule has 3 heteroatoms. The van der Waals surface area contributed by atoms with E-state index in [9.17, 15) is 9.18 Å². The van der Waals surface area contributed by atoms with Crippen molar-refractivity contribution >= 4 is 5.97 Å². The summed E-state index contributed by atoms with van der Waals surface area (Å²) in [4.78, 5) is 10.6. The lowest BCUT2D eigenvalue weighted by atomic mass is 9.89. The molecule has 0 radical (unpaired) electrons. The maximum Gasteiger partial charge on any atom is 0.304 e. The van der Waals surface area contributed by atoms with Gasteiger partial charge in [-0.25, -0.2) is 4.39 Å². The first-order chi connectivity index (χ1) is 7.02. The molecule has 2 atom stereocenters. The van der Waals surface area contributed by atoms with Gasteiger partial charge in [0.25, 0.3) is 0 Å². The quantitative estimate of drug-likeness (QED) is 0.829. The highest BCUT2D eigenvalue weighted by atomic mass is 19.1. The maximum absolute atomic E-state index is 13.3. The second kappa shape index (κ2) is 4.91. The van der Waals surface area contributed by atoms with Crippen LogP contribution in [0.3, 0.4) is 0 Å². The Bertz CT molecular complexity index is 347. The van der Waals surface area contributed by atoms with Crippen LogP contribution >= 0.6 is 0 Å². The predicted octanol–water partition coefficient (Wildman–Crippen LogP) is 2.91. The number of carboxylic acids is 1. The van der Waals surface area contributed by atoms with E-state index < -0.39 is 18.1 Å². The second-order valence-electron chi connectivity index (χ2n) is 3.74. The molecule has 1 aromatic rings. The first-order valence-electron chi connectivity index (χ1n) is 4.93. The highest BCUT2D eigenvalue weighted by Crippen LogP contribution is 2.28. The van der Waals surface area contributed by atoms with Gasteiger partial charge in [0.15, 0.2) is 0 Å². The van der Waals surface area contributed by atoms with Crippen LogP contribution in [0.1, 0.15) is 30.4 Å². The predicted molar refractivity (Wildman–Crippen MR) is 56.7 cm³/mol. The zero-order chi connectivity index (χ0) is 11.4. The number of carbonyl (C=O) groups is 1. The standard InChI is InChI=1S/C12H15FO2/c1-8-5-3-4-6-10(8)11(9(2)13)7-12(14)15/h3-6,9,11H,7H2,1-2H3,(H,14,15). The Kier molecular flexibility index (Phi) is 3.83. The maximum atomic E-state index is 13.3. The van der Waals surface area contributed by atoms with Crippen LogP contribution in [0.4, 0.5) is 4.39 Å². The van der Waals surface area contributed by atoms with Crippen molar-refractivity contribution in [1.82, 2.24) is 0 Å². The molecule has 1 N–H and O–H groups in total. The smallest absolute Gasteiger partial charge is 0.304 e. The van der Waals surface area contributed by atoms with Crippen molar-refractivity contribution < 1.29 is 14.3 Å². The lowest BCUT2D eigenvalue weighted by molar-refractivity contribution is -0.137. The van der Waals surface area contributed by atoms with Gasteiger partial charge in [-0.2, -0.15) is 0 Å². The molecular weight excluding hydrogens is 195 g/mol. The molecule has 0 fully saturated rings. The van der Waals surface area contributed by atoms with Crippen LogP contribution in [0.25, 0.3) is 0 Å². The summed E-state index contributed by atoms with van der Waals surface area (Å²) in [6.45, 7) is 3.27. The number of rotatable bonds is 4. The SMILES string of the molecule is Cc1ccccc1C(CC(=O)O)C(C)F. The van der Waals surface area contributed by atoms with Crippen molar-refractivity contribution in [3.8, 4) is 0 Å². The normalized spacial score (nSPS) is 14.6. The number of hydrogen-bond donors (Lipinski definition) is 1. The van der Waals surface area contributed by atoms with Gasteiger partial charge in [0, 0.05) is 5.92 Å². The van der Waals surface area contributed by atoms with Crippen molar-refractivity contribution in [3.05, 3.63) is 35.4 Å².